The molecule has 0 radical (unpaired) electrons. The first-order valence-corrected chi connectivity index (χ1v) is 5.15. The van der Waals surface area contributed by atoms with E-state index in [-0.39, 0.29) is 25.4 Å². The third kappa shape index (κ3) is 3.55. The molecule has 1 heterocycles. The fraction of sp³-hybridized carbons (Fsp3) is 0.500. The average molecular weight is 245 g/mol. The summed E-state index contributed by atoms with van der Waals surface area (Å²) >= 11 is 0.902. The zero-order chi connectivity index (χ0) is 12.0. The van der Waals surface area contributed by atoms with Gasteiger partial charge in [-0.3, -0.25) is 9.59 Å². The lowest BCUT2D eigenvalue weighted by molar-refractivity contribution is -0.137. The first-order chi connectivity index (χ1) is 7.65. The van der Waals surface area contributed by atoms with E-state index in [1.54, 1.807) is 0 Å². The summed E-state index contributed by atoms with van der Waals surface area (Å²) in [7, 11) is 1.48. The third-order valence-electron chi connectivity index (χ3n) is 1.76. The van der Waals surface area contributed by atoms with Crippen LogP contribution in [0.15, 0.2) is 6.20 Å². The van der Waals surface area contributed by atoms with Crippen LogP contribution >= 0.6 is 11.7 Å². The largest absolute Gasteiger partial charge is 0.480 e. The summed E-state index contributed by atoms with van der Waals surface area (Å²) in [6, 6.07) is 0. The minimum Gasteiger partial charge on any atom is -0.480 e. The van der Waals surface area contributed by atoms with Crippen molar-refractivity contribution in [2.75, 3.05) is 26.8 Å². The third-order valence-corrected chi connectivity index (χ3v) is 2.24. The van der Waals surface area contributed by atoms with Gasteiger partial charge < -0.3 is 14.7 Å². The Labute approximate surface area is 96.0 Å². The zero-order valence-electron chi connectivity index (χ0n) is 8.62. The number of nitrogens with zero attached hydrogens (tertiary/aromatic N) is 3. The van der Waals surface area contributed by atoms with Crippen molar-refractivity contribution in [3.05, 3.63) is 11.9 Å². The Morgan fingerprint density at radius 1 is 1.62 bits per heavy atom. The van der Waals surface area contributed by atoms with Crippen LogP contribution in [-0.2, 0) is 9.53 Å². The molecule has 1 rings (SSSR count). The van der Waals surface area contributed by atoms with Crippen LogP contribution in [-0.4, -0.2) is 57.4 Å². The lowest BCUT2D eigenvalue weighted by Gasteiger charge is -2.18. The predicted molar refractivity (Wildman–Crippen MR) is 55.3 cm³/mol. The molecule has 0 fully saturated rings. The van der Waals surface area contributed by atoms with Crippen LogP contribution in [0.4, 0.5) is 0 Å². The number of carboxylic acid groups (broad SMARTS) is 1. The molecule has 1 aromatic heterocycles. The molecule has 0 bridgehead atoms. The second-order valence-corrected chi connectivity index (χ2v) is 3.46. The number of amides is 1. The van der Waals surface area contributed by atoms with Gasteiger partial charge in [0.2, 0.25) is 0 Å². The van der Waals surface area contributed by atoms with Gasteiger partial charge in [0.1, 0.15) is 6.54 Å². The maximum atomic E-state index is 11.8. The highest BCUT2D eigenvalue weighted by Gasteiger charge is 2.20. The second-order valence-electron chi connectivity index (χ2n) is 2.91. The normalized spacial score (nSPS) is 10.1. The van der Waals surface area contributed by atoms with Crippen LogP contribution in [0.1, 0.15) is 10.5 Å². The van der Waals surface area contributed by atoms with E-state index in [4.69, 9.17) is 9.84 Å². The Kier molecular flexibility index (Phi) is 4.80. The molecule has 0 aliphatic carbocycles. The quantitative estimate of drug-likeness (QED) is 0.740. The Morgan fingerprint density at radius 2 is 2.38 bits per heavy atom. The van der Waals surface area contributed by atoms with Gasteiger partial charge in [-0.1, -0.05) is 0 Å². The monoisotopic (exact) mass is 245 g/mol. The van der Waals surface area contributed by atoms with E-state index in [2.05, 4.69) is 8.75 Å². The number of methoxy groups -OCH3 is 1. The molecule has 1 N–H and O–H groups in total. The zero-order valence-corrected chi connectivity index (χ0v) is 9.44. The molecule has 7 nitrogen and oxygen atoms in total. The molecule has 0 aliphatic rings. The van der Waals surface area contributed by atoms with Gasteiger partial charge in [0.25, 0.3) is 5.91 Å². The molecule has 0 aromatic carbocycles. The minimum absolute atomic E-state index is 0.155. The van der Waals surface area contributed by atoms with Crippen LogP contribution < -0.4 is 0 Å². The number of carboxylic acids is 1. The molecule has 0 saturated carbocycles. The molecule has 1 aromatic rings. The molecule has 8 heteroatoms. The molecule has 88 valence electrons. The fourth-order valence-electron chi connectivity index (χ4n) is 1.04. The van der Waals surface area contributed by atoms with Crippen molar-refractivity contribution in [2.24, 2.45) is 0 Å². The standard InChI is InChI=1S/C8H11N3O4S/c1-15-3-2-11(5-7(12)13)8(14)6-4-9-16-10-6/h4H,2-3,5H2,1H3,(H,12,13). The van der Waals surface area contributed by atoms with Crippen LogP contribution in [0.3, 0.4) is 0 Å². The summed E-state index contributed by atoms with van der Waals surface area (Å²) in [5.74, 6) is -1.53. The number of hydrogen-bond donors (Lipinski definition) is 1. The Balaban J connectivity index is 2.67. The molecule has 1 amide bonds. The molecule has 0 saturated heterocycles. The number of ether oxygens (including phenoxy) is 1. The highest BCUT2D eigenvalue weighted by Crippen LogP contribution is 2.02. The van der Waals surface area contributed by atoms with Crippen molar-refractivity contribution in [3.8, 4) is 0 Å². The average Bonchev–Trinajstić information content (AvgIpc) is 2.76. The molecule has 0 atom stereocenters. The number of aromatic nitrogens is 2. The van der Waals surface area contributed by atoms with Crippen LogP contribution in [0.5, 0.6) is 0 Å². The van der Waals surface area contributed by atoms with E-state index in [0.29, 0.717) is 0 Å². The maximum absolute atomic E-state index is 11.8. The molecular formula is C8H11N3O4S. The number of rotatable bonds is 6. The van der Waals surface area contributed by atoms with E-state index in [1.165, 1.54) is 13.3 Å². The van der Waals surface area contributed by atoms with Gasteiger partial charge in [0.05, 0.1) is 24.5 Å². The SMILES string of the molecule is COCCN(CC(=O)O)C(=O)c1cnsn1. The first-order valence-electron chi connectivity index (χ1n) is 4.42. The number of hydrogen-bond acceptors (Lipinski definition) is 6. The minimum atomic E-state index is -1.08. The van der Waals surface area contributed by atoms with E-state index in [9.17, 15) is 9.59 Å². The number of carbonyl (C=O) groups is 2. The summed E-state index contributed by atoms with van der Waals surface area (Å²) in [5.41, 5.74) is 0.155. The fourth-order valence-corrected chi connectivity index (χ4v) is 1.45. The van der Waals surface area contributed by atoms with Crippen molar-refractivity contribution in [1.29, 1.82) is 0 Å². The van der Waals surface area contributed by atoms with E-state index in [0.717, 1.165) is 16.6 Å². The van der Waals surface area contributed by atoms with Crippen molar-refractivity contribution in [3.63, 3.8) is 0 Å². The molecule has 0 aliphatic heterocycles. The van der Waals surface area contributed by atoms with Gasteiger partial charge in [-0.05, 0) is 0 Å². The van der Waals surface area contributed by atoms with Crippen LogP contribution in [0.25, 0.3) is 0 Å². The highest BCUT2D eigenvalue weighted by molar-refractivity contribution is 6.99. The number of carbonyl (C=O) groups excluding carboxylic acids is 1. The summed E-state index contributed by atoms with van der Waals surface area (Å²) in [5, 5.41) is 8.66. The lowest BCUT2D eigenvalue weighted by atomic mass is 10.3. The van der Waals surface area contributed by atoms with E-state index in [1.807, 2.05) is 0 Å². The molecule has 0 unspecified atom stereocenters. The van der Waals surface area contributed by atoms with E-state index >= 15 is 0 Å². The van der Waals surface area contributed by atoms with Gasteiger partial charge in [-0.2, -0.15) is 8.75 Å². The van der Waals surface area contributed by atoms with Gasteiger partial charge in [0, 0.05) is 13.7 Å². The Hall–Kier alpha value is -1.54. The van der Waals surface area contributed by atoms with Gasteiger partial charge >= 0.3 is 5.97 Å². The van der Waals surface area contributed by atoms with Crippen molar-refractivity contribution < 1.29 is 19.4 Å². The lowest BCUT2D eigenvalue weighted by Crippen LogP contribution is -2.38. The second kappa shape index (κ2) is 6.13. The summed E-state index contributed by atoms with van der Waals surface area (Å²) in [6.45, 7) is 0.107. The van der Waals surface area contributed by atoms with Crippen molar-refractivity contribution in [1.82, 2.24) is 13.6 Å². The van der Waals surface area contributed by atoms with E-state index < -0.39 is 11.9 Å². The van der Waals surface area contributed by atoms with Crippen molar-refractivity contribution in [2.45, 2.75) is 0 Å². The summed E-state index contributed by atoms with van der Waals surface area (Å²) in [6.07, 6.45) is 1.31. The number of aliphatic carboxylic acids is 1. The van der Waals surface area contributed by atoms with Crippen LogP contribution in [0.2, 0.25) is 0 Å². The molecule has 0 spiro atoms. The Morgan fingerprint density at radius 3 is 2.88 bits per heavy atom. The maximum Gasteiger partial charge on any atom is 0.323 e. The molecule has 16 heavy (non-hydrogen) atoms. The van der Waals surface area contributed by atoms with Gasteiger partial charge in [-0.15, -0.1) is 0 Å². The van der Waals surface area contributed by atoms with Gasteiger partial charge in [0.15, 0.2) is 5.69 Å². The summed E-state index contributed by atoms with van der Waals surface area (Å²) < 4.78 is 12.2. The Bertz CT molecular complexity index is 354. The topological polar surface area (TPSA) is 92.6 Å². The molecular weight excluding hydrogens is 234 g/mol. The highest BCUT2D eigenvalue weighted by atomic mass is 32.1. The van der Waals surface area contributed by atoms with Gasteiger partial charge in [-0.25, -0.2) is 0 Å². The predicted octanol–water partition coefficient (Wildman–Crippen LogP) is -0.289. The summed E-state index contributed by atoms with van der Waals surface area (Å²) in [4.78, 5) is 23.5. The smallest absolute Gasteiger partial charge is 0.323 e. The first kappa shape index (κ1) is 12.5. The van der Waals surface area contributed by atoms with Crippen molar-refractivity contribution >= 4 is 23.6 Å². The van der Waals surface area contributed by atoms with Crippen LogP contribution in [0, 0.1) is 0 Å².